The van der Waals surface area contributed by atoms with Crippen molar-refractivity contribution in [3.05, 3.63) is 78.6 Å². The number of benzene rings is 1. The molecule has 1 aromatic carbocycles. The third kappa shape index (κ3) is 5.22. The summed E-state index contributed by atoms with van der Waals surface area (Å²) in [6, 6.07) is 2.85. The summed E-state index contributed by atoms with van der Waals surface area (Å²) in [5, 5.41) is 9.20. The average Bonchev–Trinajstić information content (AvgIpc) is 2.82. The van der Waals surface area contributed by atoms with Crippen LogP contribution in [0.2, 0.25) is 0 Å². The Morgan fingerprint density at radius 1 is 1.16 bits per heavy atom. The fourth-order valence-electron chi connectivity index (χ4n) is 3.31. The number of hydrogen-bond donors (Lipinski definition) is 1. The van der Waals surface area contributed by atoms with Gasteiger partial charge in [-0.1, -0.05) is 0 Å². The summed E-state index contributed by atoms with van der Waals surface area (Å²) in [6.45, 7) is 0.280. The van der Waals surface area contributed by atoms with Crippen LogP contribution < -0.4 is 15.9 Å². The zero-order chi connectivity index (χ0) is 28.6. The molecule has 0 spiro atoms. The van der Waals surface area contributed by atoms with E-state index in [1.807, 2.05) is 0 Å². The van der Waals surface area contributed by atoms with Crippen LogP contribution in [0.4, 0.5) is 35.1 Å². The van der Waals surface area contributed by atoms with Gasteiger partial charge in [0.25, 0.3) is 17.5 Å². The molecule has 0 fully saturated rings. The second-order valence-electron chi connectivity index (χ2n) is 7.84. The number of hydrogen-bond acceptors (Lipinski definition) is 6. The van der Waals surface area contributed by atoms with Crippen LogP contribution in [0.1, 0.15) is 45.9 Å². The largest absolute Gasteiger partial charge is 0.459 e. The van der Waals surface area contributed by atoms with E-state index in [1.54, 1.807) is 6.07 Å². The maximum Gasteiger partial charge on any atom is 0.459 e. The van der Waals surface area contributed by atoms with Gasteiger partial charge in [0.05, 0.1) is 35.8 Å². The highest BCUT2D eigenvalue weighted by atomic mass is 19.4. The van der Waals surface area contributed by atoms with Crippen LogP contribution in [0.25, 0.3) is 0 Å². The van der Waals surface area contributed by atoms with Crippen LogP contribution in [-0.4, -0.2) is 25.7 Å². The minimum absolute atomic E-state index is 0.00347. The predicted octanol–water partition coefficient (Wildman–Crippen LogP) is 4.72. The Hall–Kier alpha value is -4.29. The van der Waals surface area contributed by atoms with Crippen molar-refractivity contribution in [3.63, 3.8) is 0 Å². The van der Waals surface area contributed by atoms with Gasteiger partial charge in [-0.05, 0) is 26.0 Å². The number of nitriles is 1. The molecule has 0 saturated heterocycles. The number of aryl methyl sites for hydroxylation is 1. The topological polar surface area (TPSA) is 114 Å². The van der Waals surface area contributed by atoms with Gasteiger partial charge in [0, 0.05) is 11.1 Å². The van der Waals surface area contributed by atoms with Gasteiger partial charge in [-0.15, -0.1) is 0 Å². The summed E-state index contributed by atoms with van der Waals surface area (Å²) in [7, 11) is 0. The first-order valence-electron chi connectivity index (χ1n) is 10.3. The lowest BCUT2D eigenvalue weighted by molar-refractivity contribution is -0.291. The molecule has 0 saturated carbocycles. The summed E-state index contributed by atoms with van der Waals surface area (Å²) in [6.07, 6.45) is -9.20. The molecule has 0 aliphatic heterocycles. The van der Waals surface area contributed by atoms with Gasteiger partial charge < -0.3 is 9.72 Å². The zero-order valence-corrected chi connectivity index (χ0v) is 19.3. The average molecular weight is 549 g/mol. The number of H-pyrrole nitrogens is 1. The molecule has 0 unspecified atom stereocenters. The second-order valence-corrected chi connectivity index (χ2v) is 7.84. The van der Waals surface area contributed by atoms with E-state index in [9.17, 15) is 50.0 Å². The molecule has 0 bridgehead atoms. The van der Waals surface area contributed by atoms with Crippen molar-refractivity contribution in [3.8, 4) is 17.6 Å². The van der Waals surface area contributed by atoms with Crippen molar-refractivity contribution in [2.24, 2.45) is 0 Å². The van der Waals surface area contributed by atoms with E-state index in [0.29, 0.717) is 10.6 Å². The van der Waals surface area contributed by atoms with Gasteiger partial charge in [-0.25, -0.2) is 23.1 Å². The molecule has 0 amide bonds. The van der Waals surface area contributed by atoms with Gasteiger partial charge in [0.1, 0.15) is 18.2 Å². The maximum atomic E-state index is 14.3. The number of nitrogens with one attached hydrogen (secondary N) is 1. The highest BCUT2D eigenvalue weighted by Crippen LogP contribution is 2.46. The van der Waals surface area contributed by atoms with Crippen LogP contribution in [0.3, 0.4) is 0 Å². The molecule has 1 N–H and O–H groups in total. The van der Waals surface area contributed by atoms with Crippen molar-refractivity contribution in [1.29, 1.82) is 5.26 Å². The Morgan fingerprint density at radius 3 is 2.37 bits per heavy atom. The number of halogens is 8. The minimum atomic E-state index is -6.26. The second kappa shape index (κ2) is 10.2. The lowest BCUT2D eigenvalue weighted by atomic mass is 10.0. The monoisotopic (exact) mass is 549 g/mol. The van der Waals surface area contributed by atoms with E-state index in [0.717, 1.165) is 13.0 Å². The SMILES string of the molecule is Cc1nc(CF)c(Cn2cnc(C(F)(F)C(F)(F)F)c(Oc3cc(C(F)F)cc(C#N)c3C)c2=O)c(=O)[nH]1. The number of alkyl halides is 8. The van der Waals surface area contributed by atoms with E-state index in [-0.39, 0.29) is 17.7 Å². The Morgan fingerprint density at radius 2 is 1.82 bits per heavy atom. The van der Waals surface area contributed by atoms with E-state index in [1.165, 1.54) is 6.92 Å². The molecule has 0 atom stereocenters. The Kier molecular flexibility index (Phi) is 7.61. The molecule has 3 aromatic rings. The molecule has 38 heavy (non-hydrogen) atoms. The molecule has 16 heteroatoms. The van der Waals surface area contributed by atoms with E-state index in [4.69, 9.17) is 4.74 Å². The molecule has 8 nitrogen and oxygen atoms in total. The summed E-state index contributed by atoms with van der Waals surface area (Å²) in [5.74, 6) is -8.26. The van der Waals surface area contributed by atoms with E-state index in [2.05, 4.69) is 15.0 Å². The lowest BCUT2D eigenvalue weighted by Crippen LogP contribution is -2.38. The number of aromatic nitrogens is 4. The van der Waals surface area contributed by atoms with Gasteiger partial charge in [-0.2, -0.15) is 27.2 Å². The summed E-state index contributed by atoms with van der Waals surface area (Å²) in [4.78, 5) is 34.4. The van der Waals surface area contributed by atoms with Gasteiger partial charge in [0.15, 0.2) is 5.69 Å². The molecule has 0 radical (unpaired) electrons. The molecular formula is C22H15F8N5O3. The van der Waals surface area contributed by atoms with Gasteiger partial charge in [0.2, 0.25) is 5.75 Å². The van der Waals surface area contributed by atoms with Crippen LogP contribution in [0.15, 0.2) is 28.0 Å². The molecule has 202 valence electrons. The first kappa shape index (κ1) is 28.3. The first-order valence-corrected chi connectivity index (χ1v) is 10.3. The Bertz CT molecular complexity index is 1540. The lowest BCUT2D eigenvalue weighted by Gasteiger charge is -2.22. The Labute approximate surface area is 207 Å². The fourth-order valence-corrected chi connectivity index (χ4v) is 3.31. The van der Waals surface area contributed by atoms with Crippen molar-refractivity contribution in [2.75, 3.05) is 0 Å². The van der Waals surface area contributed by atoms with Crippen molar-refractivity contribution in [2.45, 2.75) is 45.6 Å². The van der Waals surface area contributed by atoms with Crippen molar-refractivity contribution >= 4 is 0 Å². The predicted molar refractivity (Wildman–Crippen MR) is 113 cm³/mol. The fraction of sp³-hybridized carbons (Fsp3) is 0.318. The van der Waals surface area contributed by atoms with Crippen molar-refractivity contribution < 1.29 is 39.9 Å². The Balaban J connectivity index is 2.29. The quantitative estimate of drug-likeness (QED) is 0.427. The van der Waals surface area contributed by atoms with Gasteiger partial charge >= 0.3 is 12.1 Å². The highest BCUT2D eigenvalue weighted by molar-refractivity contribution is 5.51. The third-order valence-electron chi connectivity index (χ3n) is 5.29. The number of nitrogens with zero attached hydrogens (tertiary/aromatic N) is 4. The molecule has 3 rings (SSSR count). The summed E-state index contributed by atoms with van der Waals surface area (Å²) in [5.41, 5.74) is -7.26. The molecule has 2 aromatic heterocycles. The first-order chi connectivity index (χ1) is 17.6. The zero-order valence-electron chi connectivity index (χ0n) is 19.3. The summed E-state index contributed by atoms with van der Waals surface area (Å²) >= 11 is 0. The van der Waals surface area contributed by atoms with E-state index >= 15 is 0 Å². The summed E-state index contributed by atoms with van der Waals surface area (Å²) < 4.78 is 114. The van der Waals surface area contributed by atoms with Crippen LogP contribution in [-0.2, 0) is 19.1 Å². The minimum Gasteiger partial charge on any atom is -0.449 e. The normalized spacial score (nSPS) is 12.1. The highest BCUT2D eigenvalue weighted by Gasteiger charge is 2.62. The van der Waals surface area contributed by atoms with Crippen molar-refractivity contribution in [1.82, 2.24) is 19.5 Å². The van der Waals surface area contributed by atoms with Crippen LogP contribution in [0.5, 0.6) is 11.5 Å². The molecule has 2 heterocycles. The maximum absolute atomic E-state index is 14.3. The van der Waals surface area contributed by atoms with Crippen LogP contribution in [0, 0.1) is 25.2 Å². The number of ether oxygens (including phenoxy) is 1. The van der Waals surface area contributed by atoms with E-state index < -0.39 is 82.4 Å². The molecular weight excluding hydrogens is 534 g/mol. The number of aromatic amines is 1. The van der Waals surface area contributed by atoms with Crippen LogP contribution >= 0.6 is 0 Å². The molecule has 0 aliphatic rings. The number of rotatable bonds is 7. The smallest absolute Gasteiger partial charge is 0.449 e. The standard InChI is InChI=1S/C22H15F8N5O3/c1-9-12(6-31)3-11(18(24)25)4-15(9)38-16-17(21(26,27)22(28,29)30)32-8-35(20(16)37)7-13-14(5-23)33-10(2)34-19(13)36/h3-4,8,18H,5,7H2,1-2H3,(H,33,34,36). The third-order valence-corrected chi connectivity index (χ3v) is 5.29. The molecule has 0 aliphatic carbocycles. The van der Waals surface area contributed by atoms with Gasteiger partial charge in [-0.3, -0.25) is 14.2 Å².